The van der Waals surface area contributed by atoms with Crippen LogP contribution in [0, 0.1) is 19.3 Å². The largest absolute Gasteiger partial charge is 0.455 e. The third kappa shape index (κ3) is 2.53. The summed E-state index contributed by atoms with van der Waals surface area (Å²) in [4.78, 5) is 16.8. The number of dihydropyridines is 1. The van der Waals surface area contributed by atoms with E-state index in [1.165, 1.54) is 6.21 Å². The van der Waals surface area contributed by atoms with E-state index in [1.54, 1.807) is 13.0 Å². The number of hydrogen-bond acceptors (Lipinski definition) is 4. The third-order valence-electron chi connectivity index (χ3n) is 4.11. The van der Waals surface area contributed by atoms with E-state index >= 15 is 0 Å². The number of aliphatic imine (C=N–C) groups is 1. The monoisotopic (exact) mass is 321 g/mol. The molecule has 0 spiro atoms. The Balaban J connectivity index is 2.36. The Morgan fingerprint density at radius 1 is 1.33 bits per heavy atom. The highest BCUT2D eigenvalue weighted by molar-refractivity contribution is 6.21. The Hall–Kier alpha value is -2.79. The van der Waals surface area contributed by atoms with Gasteiger partial charge in [-0.3, -0.25) is 10.2 Å². The Bertz CT molecular complexity index is 1010. The first-order valence-electron chi connectivity index (χ1n) is 7.67. The van der Waals surface area contributed by atoms with Crippen molar-refractivity contribution < 1.29 is 4.42 Å². The van der Waals surface area contributed by atoms with Gasteiger partial charge in [0.05, 0.1) is 5.39 Å². The molecule has 0 aliphatic carbocycles. The Morgan fingerprint density at radius 3 is 2.67 bits per heavy atom. The van der Waals surface area contributed by atoms with Gasteiger partial charge in [0.15, 0.2) is 11.3 Å². The van der Waals surface area contributed by atoms with E-state index < -0.39 is 0 Å². The van der Waals surface area contributed by atoms with Gasteiger partial charge in [-0.25, -0.2) is 4.99 Å². The molecule has 0 bridgehead atoms. The number of amidine groups is 1. The first kappa shape index (κ1) is 16.1. The molecule has 0 fully saturated rings. The second-order valence-electron chi connectivity index (χ2n) is 6.14. The molecule has 1 aliphatic rings. The molecule has 122 valence electrons. The minimum atomic E-state index is -0.261. The van der Waals surface area contributed by atoms with Crippen LogP contribution in [0.1, 0.15) is 35.4 Å². The van der Waals surface area contributed by atoms with Crippen LogP contribution in [-0.4, -0.2) is 12.1 Å². The second kappa shape index (κ2) is 5.69. The van der Waals surface area contributed by atoms with Crippen molar-refractivity contribution in [2.75, 3.05) is 0 Å². The van der Waals surface area contributed by atoms with Crippen LogP contribution < -0.4 is 11.2 Å². The topological polar surface area (TPSA) is 92.4 Å². The number of benzene rings is 1. The lowest BCUT2D eigenvalue weighted by atomic mass is 9.98. The predicted octanol–water partition coefficient (Wildman–Crippen LogP) is 3.43. The van der Waals surface area contributed by atoms with Gasteiger partial charge in [-0.05, 0) is 38.5 Å². The molecule has 24 heavy (non-hydrogen) atoms. The summed E-state index contributed by atoms with van der Waals surface area (Å²) in [6, 6.07) is 3.50. The summed E-state index contributed by atoms with van der Waals surface area (Å²) >= 11 is 0. The zero-order valence-electron chi connectivity index (χ0n) is 13.9. The Kier molecular flexibility index (Phi) is 3.81. The van der Waals surface area contributed by atoms with E-state index in [1.807, 2.05) is 26.0 Å². The minimum absolute atomic E-state index is 0.0857. The van der Waals surface area contributed by atoms with Gasteiger partial charge >= 0.3 is 0 Å². The molecule has 1 atom stereocenters. The lowest BCUT2D eigenvalue weighted by molar-refractivity contribution is 0.574. The fourth-order valence-corrected chi connectivity index (χ4v) is 2.82. The smallest absolute Gasteiger partial charge is 0.196 e. The summed E-state index contributed by atoms with van der Waals surface area (Å²) in [7, 11) is 0. The normalized spacial score (nSPS) is 15.8. The van der Waals surface area contributed by atoms with E-state index in [-0.39, 0.29) is 17.3 Å². The van der Waals surface area contributed by atoms with E-state index in [2.05, 4.69) is 11.6 Å². The Morgan fingerprint density at radius 2 is 2.04 bits per heavy atom. The molecule has 1 unspecified atom stereocenters. The SMILES string of the molecule is C=C1C=C(c2oc3c(C(C)N)cc(C)cc3c(=O)c2C)C=NC1=N. The van der Waals surface area contributed by atoms with Crippen LogP contribution in [-0.2, 0) is 0 Å². The summed E-state index contributed by atoms with van der Waals surface area (Å²) in [5.74, 6) is 0.544. The lowest BCUT2D eigenvalue weighted by Crippen LogP contribution is -2.14. The molecule has 3 rings (SSSR count). The molecule has 2 aromatic rings. The number of fused-ring (bicyclic) bond motifs is 1. The molecule has 5 nitrogen and oxygen atoms in total. The molecule has 0 radical (unpaired) electrons. The molecule has 0 saturated carbocycles. The second-order valence-corrected chi connectivity index (χ2v) is 6.14. The maximum atomic E-state index is 12.8. The van der Waals surface area contributed by atoms with Crippen LogP contribution in [0.15, 0.2) is 44.6 Å². The summed E-state index contributed by atoms with van der Waals surface area (Å²) < 4.78 is 6.09. The van der Waals surface area contributed by atoms with Gasteiger partial charge in [-0.15, -0.1) is 0 Å². The maximum absolute atomic E-state index is 12.8. The summed E-state index contributed by atoms with van der Waals surface area (Å²) in [6.07, 6.45) is 3.22. The van der Waals surface area contributed by atoms with Crippen molar-refractivity contribution in [2.45, 2.75) is 26.8 Å². The Labute approximate surface area is 139 Å². The molecule has 1 aromatic carbocycles. The van der Waals surface area contributed by atoms with E-state index in [4.69, 9.17) is 15.6 Å². The summed E-state index contributed by atoms with van der Waals surface area (Å²) in [5.41, 5.74) is 9.85. The molecule has 1 aliphatic heterocycles. The van der Waals surface area contributed by atoms with Crippen LogP contribution in [0.3, 0.4) is 0 Å². The lowest BCUT2D eigenvalue weighted by Gasteiger charge is -2.15. The van der Waals surface area contributed by atoms with Gasteiger partial charge < -0.3 is 10.2 Å². The zero-order valence-corrected chi connectivity index (χ0v) is 13.9. The van der Waals surface area contributed by atoms with E-state index in [0.29, 0.717) is 33.4 Å². The molecule has 3 N–H and O–H groups in total. The number of nitrogens with zero attached hydrogens (tertiary/aromatic N) is 1. The van der Waals surface area contributed by atoms with Crippen LogP contribution >= 0.6 is 0 Å². The minimum Gasteiger partial charge on any atom is -0.455 e. The number of nitrogens with two attached hydrogens (primary N) is 1. The van der Waals surface area contributed by atoms with Crippen molar-refractivity contribution in [1.29, 1.82) is 5.41 Å². The number of allylic oxidation sites excluding steroid dienone is 1. The van der Waals surface area contributed by atoms with Gasteiger partial charge in [-0.1, -0.05) is 12.6 Å². The van der Waals surface area contributed by atoms with Crippen LogP contribution in [0.5, 0.6) is 0 Å². The van der Waals surface area contributed by atoms with Crippen molar-refractivity contribution in [3.8, 4) is 0 Å². The highest BCUT2D eigenvalue weighted by Gasteiger charge is 2.19. The standard InChI is InChI=1S/C19H19N3O2/c1-9-5-14(12(4)20)18-15(6-9)16(23)11(3)17(24-18)13-7-10(2)19(21)22-8-13/h5-8,12,21H,2,20H2,1,3-4H3. The van der Waals surface area contributed by atoms with Gasteiger partial charge in [0.25, 0.3) is 0 Å². The van der Waals surface area contributed by atoms with Gasteiger partial charge in [0, 0.05) is 34.5 Å². The molecule has 1 aromatic heterocycles. The van der Waals surface area contributed by atoms with E-state index in [9.17, 15) is 4.79 Å². The molecular formula is C19H19N3O2. The quantitative estimate of drug-likeness (QED) is 0.887. The first-order valence-corrected chi connectivity index (χ1v) is 7.67. The highest BCUT2D eigenvalue weighted by Crippen LogP contribution is 2.29. The molecule has 5 heteroatoms. The fourth-order valence-electron chi connectivity index (χ4n) is 2.82. The first-order chi connectivity index (χ1) is 11.3. The summed E-state index contributed by atoms with van der Waals surface area (Å²) in [5, 5.41) is 8.17. The number of aryl methyl sites for hydroxylation is 1. The zero-order chi connectivity index (χ0) is 17.6. The molecule has 2 heterocycles. The molecule has 0 saturated heterocycles. The average Bonchev–Trinajstić information content (AvgIpc) is 2.53. The number of rotatable bonds is 2. The highest BCUT2D eigenvalue weighted by atomic mass is 16.3. The number of hydrogen-bond donors (Lipinski definition) is 2. The fraction of sp³-hybridized carbons (Fsp3) is 0.211. The van der Waals surface area contributed by atoms with Gasteiger partial charge in [0.1, 0.15) is 11.3 Å². The maximum Gasteiger partial charge on any atom is 0.196 e. The summed E-state index contributed by atoms with van der Waals surface area (Å²) in [6.45, 7) is 9.31. The van der Waals surface area contributed by atoms with Crippen LogP contribution in [0.2, 0.25) is 0 Å². The third-order valence-corrected chi connectivity index (χ3v) is 4.11. The van der Waals surface area contributed by atoms with Crippen molar-refractivity contribution in [1.82, 2.24) is 0 Å². The number of nitrogens with one attached hydrogen (secondary N) is 1. The van der Waals surface area contributed by atoms with Gasteiger partial charge in [-0.2, -0.15) is 0 Å². The van der Waals surface area contributed by atoms with Gasteiger partial charge in [0.2, 0.25) is 0 Å². The molecular weight excluding hydrogens is 302 g/mol. The average molecular weight is 321 g/mol. The van der Waals surface area contributed by atoms with Crippen molar-refractivity contribution in [2.24, 2.45) is 10.7 Å². The van der Waals surface area contributed by atoms with Crippen molar-refractivity contribution in [3.63, 3.8) is 0 Å². The van der Waals surface area contributed by atoms with Crippen LogP contribution in [0.4, 0.5) is 0 Å². The van der Waals surface area contributed by atoms with Crippen LogP contribution in [0.25, 0.3) is 16.5 Å². The van der Waals surface area contributed by atoms with Crippen molar-refractivity contribution in [3.05, 3.63) is 63.0 Å². The predicted molar refractivity (Wildman–Crippen MR) is 97.9 cm³/mol. The molecule has 0 amide bonds. The van der Waals surface area contributed by atoms with E-state index in [0.717, 1.165) is 11.1 Å². The van der Waals surface area contributed by atoms with Crippen molar-refractivity contribution >= 4 is 28.6 Å².